The van der Waals surface area contributed by atoms with Gasteiger partial charge >= 0.3 is 0 Å². The molecule has 2 N–H and O–H groups in total. The van der Waals surface area contributed by atoms with Crippen molar-refractivity contribution < 1.29 is 0 Å². The Bertz CT molecular complexity index is 550. The summed E-state index contributed by atoms with van der Waals surface area (Å²) in [6, 6.07) is 15.3. The minimum atomic E-state index is 0.574. The zero-order valence-corrected chi connectivity index (χ0v) is 13.0. The first-order chi connectivity index (χ1) is 9.66. The Hall–Kier alpha value is -1.29. The molecule has 0 unspecified atom stereocenters. The Morgan fingerprint density at radius 1 is 0.800 bits per heavy atom. The lowest BCUT2D eigenvalue weighted by Gasteiger charge is -2.12. The SMILES string of the molecule is S=C(NCc1ccccc1Cl)NCc1ccccc1Cl. The summed E-state index contributed by atoms with van der Waals surface area (Å²) in [4.78, 5) is 0. The molecule has 0 aliphatic heterocycles. The van der Waals surface area contributed by atoms with E-state index in [1.54, 1.807) is 0 Å². The van der Waals surface area contributed by atoms with E-state index in [1.807, 2.05) is 48.5 Å². The molecule has 5 heteroatoms. The second-order valence-corrected chi connectivity index (χ2v) is 5.44. The van der Waals surface area contributed by atoms with Crippen LogP contribution >= 0.6 is 35.4 Å². The van der Waals surface area contributed by atoms with E-state index < -0.39 is 0 Å². The number of hydrogen-bond donors (Lipinski definition) is 2. The van der Waals surface area contributed by atoms with Gasteiger partial charge in [0.2, 0.25) is 0 Å². The average molecular weight is 325 g/mol. The lowest BCUT2D eigenvalue weighted by molar-refractivity contribution is 0.833. The quantitative estimate of drug-likeness (QED) is 0.826. The molecule has 0 fully saturated rings. The third kappa shape index (κ3) is 4.37. The van der Waals surface area contributed by atoms with E-state index in [0.29, 0.717) is 18.2 Å². The van der Waals surface area contributed by atoms with Crippen molar-refractivity contribution in [2.24, 2.45) is 0 Å². The highest BCUT2D eigenvalue weighted by atomic mass is 35.5. The number of benzene rings is 2. The summed E-state index contributed by atoms with van der Waals surface area (Å²) in [5.74, 6) is 0. The van der Waals surface area contributed by atoms with Crippen molar-refractivity contribution in [1.82, 2.24) is 10.6 Å². The molecular weight excluding hydrogens is 311 g/mol. The number of thiocarbonyl (C=S) groups is 1. The van der Waals surface area contributed by atoms with Gasteiger partial charge in [0.25, 0.3) is 0 Å². The van der Waals surface area contributed by atoms with Gasteiger partial charge in [-0.15, -0.1) is 0 Å². The van der Waals surface area contributed by atoms with Crippen LogP contribution in [0.15, 0.2) is 48.5 Å². The molecule has 20 heavy (non-hydrogen) atoms. The van der Waals surface area contributed by atoms with Crippen LogP contribution in [0.3, 0.4) is 0 Å². The van der Waals surface area contributed by atoms with Crippen LogP contribution < -0.4 is 10.6 Å². The smallest absolute Gasteiger partial charge is 0.166 e. The van der Waals surface area contributed by atoms with Crippen molar-refractivity contribution >= 4 is 40.5 Å². The van der Waals surface area contributed by atoms with Crippen LogP contribution in [0.2, 0.25) is 10.0 Å². The van der Waals surface area contributed by atoms with Gasteiger partial charge in [-0.1, -0.05) is 59.6 Å². The Morgan fingerprint density at radius 3 is 1.60 bits per heavy atom. The predicted octanol–water partition coefficient (Wildman–Crippen LogP) is 4.16. The standard InChI is InChI=1S/C15H14Cl2N2S/c16-13-7-3-1-5-11(13)9-18-15(20)19-10-12-6-2-4-8-14(12)17/h1-8H,9-10H2,(H2,18,19,20). The summed E-state index contributed by atoms with van der Waals surface area (Å²) in [7, 11) is 0. The van der Waals surface area contributed by atoms with E-state index >= 15 is 0 Å². The summed E-state index contributed by atoms with van der Waals surface area (Å²) in [5.41, 5.74) is 2.02. The third-order valence-electron chi connectivity index (χ3n) is 2.79. The second-order valence-electron chi connectivity index (χ2n) is 4.22. The maximum absolute atomic E-state index is 6.08. The minimum Gasteiger partial charge on any atom is -0.359 e. The molecule has 0 radical (unpaired) electrons. The van der Waals surface area contributed by atoms with Gasteiger partial charge in [-0.25, -0.2) is 0 Å². The van der Waals surface area contributed by atoms with E-state index in [2.05, 4.69) is 10.6 Å². The molecule has 0 spiro atoms. The van der Waals surface area contributed by atoms with Crippen molar-refractivity contribution in [3.8, 4) is 0 Å². The summed E-state index contributed by atoms with van der Waals surface area (Å²) < 4.78 is 0. The normalized spacial score (nSPS) is 10.1. The molecule has 2 rings (SSSR count). The maximum atomic E-state index is 6.08. The van der Waals surface area contributed by atoms with Crippen LogP contribution in [-0.4, -0.2) is 5.11 Å². The fraction of sp³-hybridized carbons (Fsp3) is 0.133. The number of hydrogen-bond acceptors (Lipinski definition) is 1. The molecule has 2 aromatic rings. The molecule has 0 amide bonds. The van der Waals surface area contributed by atoms with Gasteiger partial charge in [0.05, 0.1) is 0 Å². The van der Waals surface area contributed by atoms with Crippen LogP contribution in [0.4, 0.5) is 0 Å². The molecule has 0 heterocycles. The van der Waals surface area contributed by atoms with Gasteiger partial charge in [0.15, 0.2) is 5.11 Å². The van der Waals surface area contributed by atoms with Gasteiger partial charge in [0.1, 0.15) is 0 Å². The molecule has 0 saturated carbocycles. The zero-order valence-electron chi connectivity index (χ0n) is 10.7. The maximum Gasteiger partial charge on any atom is 0.166 e. The lowest BCUT2D eigenvalue weighted by atomic mass is 10.2. The minimum absolute atomic E-state index is 0.574. The fourth-order valence-electron chi connectivity index (χ4n) is 1.70. The Labute approximate surface area is 134 Å². The summed E-state index contributed by atoms with van der Waals surface area (Å²) in [6.45, 7) is 1.18. The van der Waals surface area contributed by atoms with Crippen molar-refractivity contribution in [3.05, 3.63) is 69.7 Å². The van der Waals surface area contributed by atoms with Crippen molar-refractivity contribution in [1.29, 1.82) is 0 Å². The fourth-order valence-corrected chi connectivity index (χ4v) is 2.25. The van der Waals surface area contributed by atoms with E-state index in [-0.39, 0.29) is 0 Å². The van der Waals surface area contributed by atoms with Gasteiger partial charge in [-0.05, 0) is 35.5 Å². The van der Waals surface area contributed by atoms with Gasteiger partial charge < -0.3 is 10.6 Å². The topological polar surface area (TPSA) is 24.1 Å². The molecule has 2 nitrogen and oxygen atoms in total. The number of rotatable bonds is 4. The average Bonchev–Trinajstić information content (AvgIpc) is 2.45. The van der Waals surface area contributed by atoms with Crippen LogP contribution in [0.1, 0.15) is 11.1 Å². The first kappa shape index (κ1) is 15.1. The first-order valence-electron chi connectivity index (χ1n) is 6.15. The molecule has 2 aromatic carbocycles. The highest BCUT2D eigenvalue weighted by molar-refractivity contribution is 7.80. The summed E-state index contributed by atoms with van der Waals surface area (Å²) >= 11 is 17.4. The van der Waals surface area contributed by atoms with Crippen LogP contribution in [0.5, 0.6) is 0 Å². The van der Waals surface area contributed by atoms with Crippen molar-refractivity contribution in [2.45, 2.75) is 13.1 Å². The molecule has 0 aromatic heterocycles. The zero-order chi connectivity index (χ0) is 14.4. The van der Waals surface area contributed by atoms with Crippen LogP contribution in [0, 0.1) is 0 Å². The molecule has 0 saturated heterocycles. The Balaban J connectivity index is 1.82. The molecule has 0 atom stereocenters. The van der Waals surface area contributed by atoms with Gasteiger partial charge in [-0.2, -0.15) is 0 Å². The highest BCUT2D eigenvalue weighted by Crippen LogP contribution is 2.15. The summed E-state index contributed by atoms with van der Waals surface area (Å²) in [6.07, 6.45) is 0. The molecule has 0 aliphatic carbocycles. The Morgan fingerprint density at radius 2 is 1.20 bits per heavy atom. The second kappa shape index (κ2) is 7.48. The molecular formula is C15H14Cl2N2S. The van der Waals surface area contributed by atoms with E-state index in [0.717, 1.165) is 21.2 Å². The van der Waals surface area contributed by atoms with Crippen molar-refractivity contribution in [2.75, 3.05) is 0 Å². The summed E-state index contributed by atoms with van der Waals surface area (Å²) in [5, 5.41) is 8.28. The van der Waals surface area contributed by atoms with E-state index in [1.165, 1.54) is 0 Å². The van der Waals surface area contributed by atoms with E-state index in [4.69, 9.17) is 35.4 Å². The molecule has 104 valence electrons. The third-order valence-corrected chi connectivity index (χ3v) is 3.82. The Kier molecular flexibility index (Phi) is 5.65. The number of nitrogens with one attached hydrogen (secondary N) is 2. The van der Waals surface area contributed by atoms with Crippen molar-refractivity contribution in [3.63, 3.8) is 0 Å². The lowest BCUT2D eigenvalue weighted by Crippen LogP contribution is -2.34. The van der Waals surface area contributed by atoms with Crippen LogP contribution in [-0.2, 0) is 13.1 Å². The molecule has 0 aliphatic rings. The predicted molar refractivity (Wildman–Crippen MR) is 89.2 cm³/mol. The first-order valence-corrected chi connectivity index (χ1v) is 7.32. The van der Waals surface area contributed by atoms with Gasteiger partial charge in [-0.3, -0.25) is 0 Å². The van der Waals surface area contributed by atoms with Gasteiger partial charge in [0, 0.05) is 23.1 Å². The highest BCUT2D eigenvalue weighted by Gasteiger charge is 2.02. The largest absolute Gasteiger partial charge is 0.359 e. The monoisotopic (exact) mass is 324 g/mol. The van der Waals surface area contributed by atoms with E-state index in [9.17, 15) is 0 Å². The van der Waals surface area contributed by atoms with Crippen LogP contribution in [0.25, 0.3) is 0 Å². The molecule has 0 bridgehead atoms. The number of halogens is 2.